The van der Waals surface area contributed by atoms with Crippen molar-refractivity contribution in [2.24, 2.45) is 0 Å². The van der Waals surface area contributed by atoms with Gasteiger partial charge in [0.2, 0.25) is 0 Å². The number of aromatic nitrogens is 1. The fourth-order valence-electron chi connectivity index (χ4n) is 1.87. The number of hydrogen-bond donors (Lipinski definition) is 1. The Morgan fingerprint density at radius 2 is 2.18 bits per heavy atom. The molecule has 0 unspecified atom stereocenters. The number of thiazole rings is 1. The number of halogens is 1. The van der Waals surface area contributed by atoms with Gasteiger partial charge in [-0.3, -0.25) is 9.59 Å². The second-order valence-corrected chi connectivity index (χ2v) is 5.75. The summed E-state index contributed by atoms with van der Waals surface area (Å²) >= 11 is 1.32. The van der Waals surface area contributed by atoms with E-state index in [1.165, 1.54) is 35.4 Å². The zero-order valence-electron chi connectivity index (χ0n) is 12.0. The molecule has 2 aromatic rings. The third-order valence-electron chi connectivity index (χ3n) is 3.02. The summed E-state index contributed by atoms with van der Waals surface area (Å²) in [5.74, 6) is -1.58. The lowest BCUT2D eigenvalue weighted by molar-refractivity contribution is -0.137. The van der Waals surface area contributed by atoms with E-state index in [-0.39, 0.29) is 30.4 Å². The van der Waals surface area contributed by atoms with Crippen LogP contribution in [-0.4, -0.2) is 40.5 Å². The number of carbonyl (C=O) groups is 2. The first kappa shape index (κ1) is 16.1. The molecule has 0 saturated heterocycles. The first-order chi connectivity index (χ1) is 10.5. The van der Waals surface area contributed by atoms with Crippen molar-refractivity contribution in [3.05, 3.63) is 51.7 Å². The number of aliphatic carboxylic acids is 1. The van der Waals surface area contributed by atoms with Crippen LogP contribution < -0.4 is 0 Å². The second kappa shape index (κ2) is 7.13. The summed E-state index contributed by atoms with van der Waals surface area (Å²) in [7, 11) is 1.54. The van der Waals surface area contributed by atoms with Crippen molar-refractivity contribution in [3.63, 3.8) is 0 Å². The number of benzene rings is 1. The monoisotopic (exact) mass is 322 g/mol. The molecule has 0 fully saturated rings. The smallest absolute Gasteiger partial charge is 0.305 e. The van der Waals surface area contributed by atoms with Gasteiger partial charge in [0.25, 0.3) is 5.91 Å². The van der Waals surface area contributed by atoms with Crippen LogP contribution in [0, 0.1) is 5.82 Å². The predicted octanol–water partition coefficient (Wildman–Crippen LogP) is 2.42. The first-order valence-corrected chi connectivity index (χ1v) is 7.50. The van der Waals surface area contributed by atoms with Gasteiger partial charge in [-0.25, -0.2) is 9.37 Å². The minimum atomic E-state index is -0.954. The molecule has 0 bridgehead atoms. The summed E-state index contributed by atoms with van der Waals surface area (Å²) in [6, 6.07) is 6.23. The minimum Gasteiger partial charge on any atom is -0.481 e. The van der Waals surface area contributed by atoms with Crippen LogP contribution in [0.5, 0.6) is 0 Å². The fraction of sp³-hybridized carbons (Fsp3) is 0.267. The number of carbonyl (C=O) groups excluding carboxylic acids is 1. The Bertz CT molecular complexity index is 687. The zero-order valence-corrected chi connectivity index (χ0v) is 12.8. The Hall–Kier alpha value is -2.28. The molecule has 1 amide bonds. The third-order valence-corrected chi connectivity index (χ3v) is 3.87. The number of amides is 1. The van der Waals surface area contributed by atoms with E-state index in [0.29, 0.717) is 11.4 Å². The minimum absolute atomic E-state index is 0.109. The maximum Gasteiger partial charge on any atom is 0.305 e. The van der Waals surface area contributed by atoms with E-state index in [0.717, 1.165) is 5.56 Å². The Morgan fingerprint density at radius 3 is 2.86 bits per heavy atom. The average Bonchev–Trinajstić information content (AvgIpc) is 2.92. The lowest BCUT2D eigenvalue weighted by atomic mass is 10.1. The van der Waals surface area contributed by atoms with E-state index in [4.69, 9.17) is 5.11 Å². The highest BCUT2D eigenvalue weighted by molar-refractivity contribution is 7.09. The molecule has 0 radical (unpaired) electrons. The second-order valence-electron chi connectivity index (χ2n) is 4.80. The molecule has 116 valence electrons. The molecule has 0 saturated carbocycles. The molecule has 0 aliphatic carbocycles. The highest BCUT2D eigenvalue weighted by atomic mass is 32.1. The van der Waals surface area contributed by atoms with Crippen LogP contribution in [0.2, 0.25) is 0 Å². The molecule has 1 N–H and O–H groups in total. The van der Waals surface area contributed by atoms with E-state index >= 15 is 0 Å². The van der Waals surface area contributed by atoms with Crippen molar-refractivity contribution in [1.29, 1.82) is 0 Å². The van der Waals surface area contributed by atoms with Crippen LogP contribution in [-0.2, 0) is 11.2 Å². The van der Waals surface area contributed by atoms with Crippen molar-refractivity contribution in [2.75, 3.05) is 13.6 Å². The summed E-state index contributed by atoms with van der Waals surface area (Å²) in [4.78, 5) is 28.2. The van der Waals surface area contributed by atoms with Crippen LogP contribution in [0.3, 0.4) is 0 Å². The van der Waals surface area contributed by atoms with E-state index in [1.807, 2.05) is 0 Å². The van der Waals surface area contributed by atoms with Crippen LogP contribution in [0.1, 0.15) is 27.5 Å². The van der Waals surface area contributed by atoms with Gasteiger partial charge in [-0.15, -0.1) is 11.3 Å². The van der Waals surface area contributed by atoms with Crippen molar-refractivity contribution in [2.45, 2.75) is 12.8 Å². The summed E-state index contributed by atoms with van der Waals surface area (Å²) in [6.07, 6.45) is 0.344. The van der Waals surface area contributed by atoms with Gasteiger partial charge in [-0.1, -0.05) is 12.1 Å². The Balaban J connectivity index is 2.01. The van der Waals surface area contributed by atoms with Crippen LogP contribution in [0.15, 0.2) is 29.6 Å². The summed E-state index contributed by atoms with van der Waals surface area (Å²) in [5.41, 5.74) is 1.07. The van der Waals surface area contributed by atoms with Gasteiger partial charge in [0, 0.05) is 25.4 Å². The zero-order chi connectivity index (χ0) is 16.1. The van der Waals surface area contributed by atoms with Gasteiger partial charge in [0.15, 0.2) is 0 Å². The molecule has 1 aromatic carbocycles. The van der Waals surface area contributed by atoms with E-state index in [2.05, 4.69) is 4.98 Å². The fourth-order valence-corrected chi connectivity index (χ4v) is 2.67. The first-order valence-electron chi connectivity index (χ1n) is 6.62. The number of hydrogen-bond acceptors (Lipinski definition) is 4. The highest BCUT2D eigenvalue weighted by Gasteiger charge is 2.16. The molecule has 2 rings (SSSR count). The highest BCUT2D eigenvalue weighted by Crippen LogP contribution is 2.16. The van der Waals surface area contributed by atoms with Gasteiger partial charge in [0.05, 0.1) is 11.4 Å². The summed E-state index contributed by atoms with van der Waals surface area (Å²) in [6.45, 7) is 0.130. The topological polar surface area (TPSA) is 70.5 Å². The number of carboxylic acid groups (broad SMARTS) is 1. The van der Waals surface area contributed by atoms with E-state index in [1.54, 1.807) is 17.5 Å². The quantitative estimate of drug-likeness (QED) is 0.886. The largest absolute Gasteiger partial charge is 0.481 e. The van der Waals surface area contributed by atoms with Gasteiger partial charge in [0.1, 0.15) is 11.5 Å². The van der Waals surface area contributed by atoms with Crippen molar-refractivity contribution in [1.82, 2.24) is 9.88 Å². The molecule has 5 nitrogen and oxygen atoms in total. The molecule has 1 aromatic heterocycles. The van der Waals surface area contributed by atoms with E-state index < -0.39 is 5.97 Å². The Kier molecular flexibility index (Phi) is 5.21. The number of nitrogens with zero attached hydrogens (tertiary/aromatic N) is 2. The lowest BCUT2D eigenvalue weighted by Crippen LogP contribution is -2.29. The molecular weight excluding hydrogens is 307 g/mol. The maximum atomic E-state index is 13.1. The molecule has 0 spiro atoms. The van der Waals surface area contributed by atoms with Gasteiger partial charge in [-0.2, -0.15) is 0 Å². The number of carboxylic acids is 1. The third kappa shape index (κ3) is 4.36. The molecular formula is C15H15FN2O3S. The Labute approximate surface area is 131 Å². The predicted molar refractivity (Wildman–Crippen MR) is 80.5 cm³/mol. The summed E-state index contributed by atoms with van der Waals surface area (Å²) in [5, 5.41) is 11.0. The molecule has 0 atom stereocenters. The van der Waals surface area contributed by atoms with Crippen LogP contribution in [0.4, 0.5) is 4.39 Å². The molecule has 7 heteroatoms. The summed E-state index contributed by atoms with van der Waals surface area (Å²) < 4.78 is 13.1. The van der Waals surface area contributed by atoms with Gasteiger partial charge < -0.3 is 10.0 Å². The van der Waals surface area contributed by atoms with Crippen LogP contribution in [0.25, 0.3) is 0 Å². The SMILES string of the molecule is CN(CCC(=O)O)C(=O)c1csc(Cc2cccc(F)c2)n1. The average molecular weight is 322 g/mol. The van der Waals surface area contributed by atoms with E-state index in [9.17, 15) is 14.0 Å². The normalized spacial score (nSPS) is 10.5. The molecule has 0 aliphatic rings. The lowest BCUT2D eigenvalue weighted by Gasteiger charge is -2.14. The van der Waals surface area contributed by atoms with Crippen molar-refractivity contribution >= 4 is 23.2 Å². The van der Waals surface area contributed by atoms with Crippen molar-refractivity contribution < 1.29 is 19.1 Å². The Morgan fingerprint density at radius 1 is 1.41 bits per heavy atom. The van der Waals surface area contributed by atoms with Gasteiger partial charge in [-0.05, 0) is 17.7 Å². The maximum absolute atomic E-state index is 13.1. The van der Waals surface area contributed by atoms with Crippen molar-refractivity contribution in [3.8, 4) is 0 Å². The molecule has 22 heavy (non-hydrogen) atoms. The van der Waals surface area contributed by atoms with Crippen LogP contribution >= 0.6 is 11.3 Å². The number of rotatable bonds is 6. The molecule has 1 heterocycles. The molecule has 0 aliphatic heterocycles. The standard InChI is InChI=1S/C15H15FN2O3S/c1-18(6-5-14(19)20)15(21)12-9-22-13(17-12)8-10-3-2-4-11(16)7-10/h2-4,7,9H,5-6,8H2,1H3,(H,19,20). The van der Waals surface area contributed by atoms with Gasteiger partial charge >= 0.3 is 5.97 Å².